The third-order valence-corrected chi connectivity index (χ3v) is 5.92. The van der Waals surface area contributed by atoms with E-state index in [0.717, 1.165) is 16.5 Å². The topological polar surface area (TPSA) is 65.2 Å². The van der Waals surface area contributed by atoms with Crippen LogP contribution in [0, 0.1) is 0 Å². The molecule has 200 valence electrons. The van der Waals surface area contributed by atoms with E-state index in [-0.39, 0.29) is 43.2 Å². The number of amides is 1. The molecule has 1 amide bonds. The van der Waals surface area contributed by atoms with Gasteiger partial charge in [-0.15, -0.1) is 0 Å². The minimum Gasteiger partial charge on any atom is -0.361 e. The maximum atomic E-state index is 13.2. The molecular formula is C26H27F6N3O2. The molecule has 11 heteroatoms. The number of aromatic nitrogens is 1. The van der Waals surface area contributed by atoms with Gasteiger partial charge in [0, 0.05) is 42.9 Å². The first-order valence-corrected chi connectivity index (χ1v) is 11.5. The fourth-order valence-corrected chi connectivity index (χ4v) is 3.96. The van der Waals surface area contributed by atoms with E-state index in [4.69, 9.17) is 0 Å². The van der Waals surface area contributed by atoms with Gasteiger partial charge in [-0.05, 0) is 55.9 Å². The second kappa shape index (κ2) is 11.4. The minimum absolute atomic E-state index is 0.0517. The van der Waals surface area contributed by atoms with Gasteiger partial charge in [0.15, 0.2) is 5.78 Å². The molecule has 3 rings (SSSR count). The molecule has 0 unspecified atom stereocenters. The predicted octanol–water partition coefficient (Wildman–Crippen LogP) is 5.39. The van der Waals surface area contributed by atoms with Gasteiger partial charge in [0.1, 0.15) is 0 Å². The van der Waals surface area contributed by atoms with Gasteiger partial charge in [-0.1, -0.05) is 18.2 Å². The molecule has 0 fully saturated rings. The molecule has 5 nitrogen and oxygen atoms in total. The maximum Gasteiger partial charge on any atom is 0.416 e. The molecule has 1 atom stereocenters. The molecule has 0 aliphatic heterocycles. The average molecular weight is 528 g/mol. The number of carbonyl (C=O) groups excluding carboxylic acids is 2. The highest BCUT2D eigenvalue weighted by molar-refractivity contribution is 5.91. The number of benzene rings is 2. The zero-order valence-corrected chi connectivity index (χ0v) is 20.3. The molecule has 2 aromatic carbocycles. The Balaban J connectivity index is 1.82. The third-order valence-electron chi connectivity index (χ3n) is 5.92. The SMILES string of the molecule is CN(C)CCC(=O)N[C@@H](Cc1c[nH]c2ccccc12)C(=O)CCc1cc(C(F)(F)F)cc(C(F)(F)F)c1. The maximum absolute atomic E-state index is 13.2. The molecule has 0 spiro atoms. The summed E-state index contributed by atoms with van der Waals surface area (Å²) in [7, 11) is 3.57. The number of rotatable bonds is 10. The number of aryl methyl sites for hydroxylation is 1. The van der Waals surface area contributed by atoms with Gasteiger partial charge in [-0.3, -0.25) is 9.59 Å². The molecule has 0 saturated carbocycles. The van der Waals surface area contributed by atoms with Crippen molar-refractivity contribution >= 4 is 22.6 Å². The van der Waals surface area contributed by atoms with Crippen LogP contribution in [0.5, 0.6) is 0 Å². The minimum atomic E-state index is -4.97. The smallest absolute Gasteiger partial charge is 0.361 e. The van der Waals surface area contributed by atoms with Crippen LogP contribution >= 0.6 is 0 Å². The number of aromatic amines is 1. The summed E-state index contributed by atoms with van der Waals surface area (Å²) in [5.74, 6) is -0.875. The summed E-state index contributed by atoms with van der Waals surface area (Å²) in [5, 5.41) is 3.54. The molecule has 0 radical (unpaired) electrons. The van der Waals surface area contributed by atoms with E-state index in [9.17, 15) is 35.9 Å². The molecular weight excluding hydrogens is 500 g/mol. The van der Waals surface area contributed by atoms with Crippen molar-refractivity contribution in [3.05, 3.63) is 70.9 Å². The number of carbonyl (C=O) groups is 2. The number of ketones is 1. The van der Waals surface area contributed by atoms with Gasteiger partial charge >= 0.3 is 12.4 Å². The molecule has 1 heterocycles. The van der Waals surface area contributed by atoms with E-state index < -0.39 is 35.3 Å². The molecule has 0 aliphatic rings. The van der Waals surface area contributed by atoms with Crippen molar-refractivity contribution in [2.45, 2.75) is 44.1 Å². The number of nitrogens with zero attached hydrogens (tertiary/aromatic N) is 1. The van der Waals surface area contributed by atoms with E-state index in [2.05, 4.69) is 10.3 Å². The summed E-state index contributed by atoms with van der Waals surface area (Å²) >= 11 is 0. The summed E-state index contributed by atoms with van der Waals surface area (Å²) in [6.45, 7) is 0.435. The molecule has 3 aromatic rings. The van der Waals surface area contributed by atoms with Gasteiger partial charge in [0.2, 0.25) is 5.91 Å². The Morgan fingerprint density at radius 2 is 1.57 bits per heavy atom. The van der Waals surface area contributed by atoms with Crippen molar-refractivity contribution in [3.8, 4) is 0 Å². The zero-order chi connectivity index (χ0) is 27.4. The number of para-hydroxylation sites is 1. The second-order valence-electron chi connectivity index (χ2n) is 9.12. The van der Waals surface area contributed by atoms with Gasteiger partial charge < -0.3 is 15.2 Å². The second-order valence-corrected chi connectivity index (χ2v) is 9.12. The van der Waals surface area contributed by atoms with Crippen LogP contribution in [0.1, 0.15) is 35.1 Å². The van der Waals surface area contributed by atoms with E-state index in [0.29, 0.717) is 18.7 Å². The summed E-state index contributed by atoms with van der Waals surface area (Å²) in [4.78, 5) is 30.5. The number of Topliss-reactive ketones (excluding diaryl/α,β-unsaturated/α-hetero) is 1. The first-order valence-electron chi connectivity index (χ1n) is 11.5. The van der Waals surface area contributed by atoms with Crippen molar-refractivity contribution in [1.29, 1.82) is 0 Å². The van der Waals surface area contributed by atoms with E-state index in [1.807, 2.05) is 24.3 Å². The quantitative estimate of drug-likeness (QED) is 0.348. The largest absolute Gasteiger partial charge is 0.416 e. The lowest BCUT2D eigenvalue weighted by molar-refractivity contribution is -0.143. The van der Waals surface area contributed by atoms with Crippen LogP contribution in [-0.4, -0.2) is 48.3 Å². The number of halogens is 6. The molecule has 1 aromatic heterocycles. The van der Waals surface area contributed by atoms with Crippen molar-refractivity contribution in [1.82, 2.24) is 15.2 Å². The van der Waals surface area contributed by atoms with E-state index >= 15 is 0 Å². The number of alkyl halides is 6. The molecule has 0 bridgehead atoms. The third kappa shape index (κ3) is 7.82. The lowest BCUT2D eigenvalue weighted by atomic mass is 9.95. The van der Waals surface area contributed by atoms with Crippen molar-refractivity contribution in [2.24, 2.45) is 0 Å². The van der Waals surface area contributed by atoms with Crippen molar-refractivity contribution < 1.29 is 35.9 Å². The highest BCUT2D eigenvalue weighted by Gasteiger charge is 2.37. The van der Waals surface area contributed by atoms with Crippen LogP contribution in [0.2, 0.25) is 0 Å². The van der Waals surface area contributed by atoms with Crippen LogP contribution in [0.15, 0.2) is 48.7 Å². The number of nitrogens with one attached hydrogen (secondary N) is 2. The Kier molecular flexibility index (Phi) is 8.68. The van der Waals surface area contributed by atoms with E-state index in [1.165, 1.54) is 0 Å². The first-order chi connectivity index (χ1) is 17.2. The Labute approximate surface area is 209 Å². The Bertz CT molecular complexity index is 1210. The standard InChI is InChI=1S/C26H27F6N3O2/c1-35(2)10-9-24(37)34-22(13-17-15-33-21-6-4-3-5-20(17)21)23(36)8-7-16-11-18(25(27,28)29)14-19(12-16)26(30,31)32/h3-6,11-12,14-15,22,33H,7-10,13H2,1-2H3,(H,34,37)/t22-/m0/s1. The summed E-state index contributed by atoms with van der Waals surface area (Å²) in [5.41, 5.74) is -1.55. The molecule has 0 aliphatic carbocycles. The van der Waals surface area contributed by atoms with Crippen molar-refractivity contribution in [3.63, 3.8) is 0 Å². The van der Waals surface area contributed by atoms with Crippen LogP contribution in [0.25, 0.3) is 10.9 Å². The monoisotopic (exact) mass is 527 g/mol. The molecule has 0 saturated heterocycles. The number of hydrogen-bond acceptors (Lipinski definition) is 3. The lowest BCUT2D eigenvalue weighted by Gasteiger charge is -2.19. The van der Waals surface area contributed by atoms with Crippen LogP contribution in [0.3, 0.4) is 0 Å². The predicted molar refractivity (Wildman–Crippen MR) is 127 cm³/mol. The fourth-order valence-electron chi connectivity index (χ4n) is 3.96. The highest BCUT2D eigenvalue weighted by atomic mass is 19.4. The normalized spacial score (nSPS) is 13.2. The van der Waals surface area contributed by atoms with Crippen LogP contribution in [-0.2, 0) is 34.8 Å². The zero-order valence-electron chi connectivity index (χ0n) is 20.3. The van der Waals surface area contributed by atoms with Gasteiger partial charge in [0.05, 0.1) is 17.2 Å². The Hall–Kier alpha value is -3.34. The molecule has 2 N–H and O–H groups in total. The van der Waals surface area contributed by atoms with Gasteiger partial charge in [0.25, 0.3) is 0 Å². The Morgan fingerprint density at radius 1 is 0.946 bits per heavy atom. The van der Waals surface area contributed by atoms with Crippen molar-refractivity contribution in [2.75, 3.05) is 20.6 Å². The number of fused-ring (bicyclic) bond motifs is 1. The highest BCUT2D eigenvalue weighted by Crippen LogP contribution is 2.36. The molecule has 37 heavy (non-hydrogen) atoms. The summed E-state index contributed by atoms with van der Waals surface area (Å²) in [6.07, 6.45) is -8.69. The fraction of sp³-hybridized carbons (Fsp3) is 0.385. The average Bonchev–Trinajstić information content (AvgIpc) is 3.22. The van der Waals surface area contributed by atoms with Gasteiger partial charge in [-0.25, -0.2) is 0 Å². The van der Waals surface area contributed by atoms with Gasteiger partial charge in [-0.2, -0.15) is 26.3 Å². The Morgan fingerprint density at radius 3 is 2.16 bits per heavy atom. The summed E-state index contributed by atoms with van der Waals surface area (Å²) in [6, 6.07) is 7.63. The lowest BCUT2D eigenvalue weighted by Crippen LogP contribution is -2.43. The number of H-pyrrole nitrogens is 1. The van der Waals surface area contributed by atoms with Crippen LogP contribution < -0.4 is 5.32 Å². The first kappa shape index (κ1) is 28.2. The van der Waals surface area contributed by atoms with E-state index in [1.54, 1.807) is 25.2 Å². The number of hydrogen-bond donors (Lipinski definition) is 2. The van der Waals surface area contributed by atoms with Crippen LogP contribution in [0.4, 0.5) is 26.3 Å². The summed E-state index contributed by atoms with van der Waals surface area (Å²) < 4.78 is 79.1.